The normalized spacial score (nSPS) is 17.6. The van der Waals surface area contributed by atoms with Gasteiger partial charge in [-0.1, -0.05) is 17.7 Å². The Hall–Kier alpha value is -1.61. The molecule has 1 heterocycles. The summed E-state index contributed by atoms with van der Waals surface area (Å²) < 4.78 is 0. The number of nitrogens with zero attached hydrogens (tertiary/aromatic N) is 2. The van der Waals surface area contributed by atoms with Gasteiger partial charge >= 0.3 is 0 Å². The molecule has 0 amide bonds. The average Bonchev–Trinajstić information content (AvgIpc) is 2.72. The number of hydrogen-bond acceptors (Lipinski definition) is 3. The zero-order chi connectivity index (χ0) is 12.5. The van der Waals surface area contributed by atoms with E-state index in [1.54, 1.807) is 12.4 Å². The van der Waals surface area contributed by atoms with E-state index in [1.165, 1.54) is 11.1 Å². The van der Waals surface area contributed by atoms with Crippen molar-refractivity contribution < 1.29 is 0 Å². The van der Waals surface area contributed by atoms with E-state index in [-0.39, 0.29) is 0 Å². The summed E-state index contributed by atoms with van der Waals surface area (Å²) in [7, 11) is 0. The van der Waals surface area contributed by atoms with Crippen LogP contribution in [0, 0.1) is 6.92 Å². The Kier molecular flexibility index (Phi) is 2.92. The lowest BCUT2D eigenvalue weighted by Gasteiger charge is -2.14. The van der Waals surface area contributed by atoms with Crippen LogP contribution in [0.2, 0.25) is 5.02 Å². The van der Waals surface area contributed by atoms with E-state index in [0.29, 0.717) is 6.04 Å². The minimum absolute atomic E-state index is 0.313. The van der Waals surface area contributed by atoms with Crippen LogP contribution in [0.15, 0.2) is 30.6 Å². The van der Waals surface area contributed by atoms with E-state index >= 15 is 0 Å². The molecule has 1 unspecified atom stereocenters. The van der Waals surface area contributed by atoms with Crippen LogP contribution < -0.4 is 5.32 Å². The minimum atomic E-state index is 0.313. The van der Waals surface area contributed by atoms with E-state index in [0.717, 1.165) is 29.4 Å². The molecule has 0 spiro atoms. The third-order valence-corrected chi connectivity index (χ3v) is 3.49. The van der Waals surface area contributed by atoms with E-state index in [4.69, 9.17) is 11.6 Å². The molecule has 0 radical (unpaired) electrons. The van der Waals surface area contributed by atoms with Gasteiger partial charge in [0.2, 0.25) is 0 Å². The second-order valence-corrected chi connectivity index (χ2v) is 5.06. The molecule has 3 nitrogen and oxygen atoms in total. The lowest BCUT2D eigenvalue weighted by atomic mass is 10.1. The molecule has 1 atom stereocenters. The monoisotopic (exact) mass is 259 g/mol. The standard InChI is InChI=1S/C14H14ClN3/c1-9-7-16-8-14(17-9)18-13-5-2-10-6-11(15)3-4-12(10)13/h3-4,6-8,13H,2,5H2,1H3,(H,17,18). The number of anilines is 1. The highest BCUT2D eigenvalue weighted by molar-refractivity contribution is 6.30. The van der Waals surface area contributed by atoms with Gasteiger partial charge in [0.1, 0.15) is 5.82 Å². The minimum Gasteiger partial charge on any atom is -0.362 e. The first kappa shape index (κ1) is 11.5. The summed E-state index contributed by atoms with van der Waals surface area (Å²) in [5, 5.41) is 4.25. The van der Waals surface area contributed by atoms with Crippen molar-refractivity contribution >= 4 is 17.4 Å². The van der Waals surface area contributed by atoms with Crippen LogP contribution >= 0.6 is 11.6 Å². The summed E-state index contributed by atoms with van der Waals surface area (Å²) in [6.45, 7) is 1.94. The topological polar surface area (TPSA) is 37.8 Å². The van der Waals surface area contributed by atoms with Crippen molar-refractivity contribution in [2.45, 2.75) is 25.8 Å². The maximum absolute atomic E-state index is 6.01. The number of rotatable bonds is 2. The van der Waals surface area contributed by atoms with Crippen molar-refractivity contribution in [3.8, 4) is 0 Å². The summed E-state index contributed by atoms with van der Waals surface area (Å²) >= 11 is 6.01. The molecule has 0 bridgehead atoms. The van der Waals surface area contributed by atoms with Crippen LogP contribution in [0.1, 0.15) is 29.3 Å². The fourth-order valence-corrected chi connectivity index (χ4v) is 2.64. The van der Waals surface area contributed by atoms with Crippen LogP contribution in [0.5, 0.6) is 0 Å². The fraction of sp³-hybridized carbons (Fsp3) is 0.286. The van der Waals surface area contributed by atoms with E-state index in [9.17, 15) is 0 Å². The molecule has 4 heteroatoms. The summed E-state index contributed by atoms with van der Waals surface area (Å²) in [6.07, 6.45) is 5.66. The lowest BCUT2D eigenvalue weighted by Crippen LogP contribution is -2.09. The molecule has 92 valence electrons. The van der Waals surface area contributed by atoms with E-state index in [2.05, 4.69) is 27.4 Å². The maximum atomic E-state index is 6.01. The third-order valence-electron chi connectivity index (χ3n) is 3.26. The van der Waals surface area contributed by atoms with Crippen molar-refractivity contribution in [2.24, 2.45) is 0 Å². The molecule has 1 aliphatic rings. The Bertz CT molecular complexity index is 583. The first-order chi connectivity index (χ1) is 8.72. The van der Waals surface area contributed by atoms with Crippen molar-refractivity contribution in [3.63, 3.8) is 0 Å². The zero-order valence-electron chi connectivity index (χ0n) is 10.2. The van der Waals surface area contributed by atoms with E-state index < -0.39 is 0 Å². The highest BCUT2D eigenvalue weighted by Gasteiger charge is 2.22. The van der Waals surface area contributed by atoms with Crippen LogP contribution in [-0.4, -0.2) is 9.97 Å². The molecule has 0 fully saturated rings. The summed E-state index contributed by atoms with van der Waals surface area (Å²) in [5.41, 5.74) is 3.58. The molecule has 0 saturated heterocycles. The molecule has 0 saturated carbocycles. The molecule has 0 aliphatic heterocycles. The van der Waals surface area contributed by atoms with Gasteiger partial charge in [0.15, 0.2) is 0 Å². The Balaban J connectivity index is 1.85. The highest BCUT2D eigenvalue weighted by atomic mass is 35.5. The van der Waals surface area contributed by atoms with Gasteiger partial charge in [-0.05, 0) is 43.0 Å². The molecular formula is C14H14ClN3. The molecule has 18 heavy (non-hydrogen) atoms. The van der Waals surface area contributed by atoms with Gasteiger partial charge in [0, 0.05) is 11.2 Å². The van der Waals surface area contributed by atoms with Crippen molar-refractivity contribution in [2.75, 3.05) is 5.32 Å². The first-order valence-corrected chi connectivity index (χ1v) is 6.44. The van der Waals surface area contributed by atoms with Gasteiger partial charge in [0.25, 0.3) is 0 Å². The molecule has 1 N–H and O–H groups in total. The Morgan fingerprint density at radius 3 is 3.06 bits per heavy atom. The number of aromatic nitrogens is 2. The van der Waals surface area contributed by atoms with Gasteiger partial charge in [0.05, 0.1) is 17.9 Å². The van der Waals surface area contributed by atoms with Crippen molar-refractivity contribution in [3.05, 3.63) is 52.4 Å². The molecule has 1 aliphatic carbocycles. The Morgan fingerprint density at radius 1 is 1.33 bits per heavy atom. The fourth-order valence-electron chi connectivity index (χ4n) is 2.45. The van der Waals surface area contributed by atoms with Gasteiger partial charge in [-0.3, -0.25) is 4.98 Å². The Morgan fingerprint density at radius 2 is 2.22 bits per heavy atom. The van der Waals surface area contributed by atoms with Crippen molar-refractivity contribution in [1.29, 1.82) is 0 Å². The molecule has 1 aromatic heterocycles. The number of aryl methyl sites for hydroxylation is 2. The van der Waals surface area contributed by atoms with Gasteiger partial charge in [-0.25, -0.2) is 4.98 Å². The molecule has 2 aromatic rings. The van der Waals surface area contributed by atoms with Crippen LogP contribution in [0.25, 0.3) is 0 Å². The molecule has 1 aromatic carbocycles. The SMILES string of the molecule is Cc1cncc(NC2CCc3cc(Cl)ccc32)n1. The van der Waals surface area contributed by atoms with Crippen LogP contribution in [-0.2, 0) is 6.42 Å². The number of benzene rings is 1. The predicted molar refractivity (Wildman–Crippen MR) is 72.9 cm³/mol. The number of fused-ring (bicyclic) bond motifs is 1. The largest absolute Gasteiger partial charge is 0.362 e. The third kappa shape index (κ3) is 2.18. The quantitative estimate of drug-likeness (QED) is 0.896. The zero-order valence-corrected chi connectivity index (χ0v) is 10.9. The number of halogens is 1. The number of nitrogens with one attached hydrogen (secondary N) is 1. The number of hydrogen-bond donors (Lipinski definition) is 1. The summed E-state index contributed by atoms with van der Waals surface area (Å²) in [6, 6.07) is 6.42. The second-order valence-electron chi connectivity index (χ2n) is 4.62. The predicted octanol–water partition coefficient (Wildman–Crippen LogP) is 3.54. The average molecular weight is 260 g/mol. The van der Waals surface area contributed by atoms with Crippen molar-refractivity contribution in [1.82, 2.24) is 9.97 Å². The summed E-state index contributed by atoms with van der Waals surface area (Å²) in [5.74, 6) is 0.836. The van der Waals surface area contributed by atoms with Gasteiger partial charge in [-0.2, -0.15) is 0 Å². The van der Waals surface area contributed by atoms with Gasteiger partial charge < -0.3 is 5.32 Å². The molecule has 3 rings (SSSR count). The highest BCUT2D eigenvalue weighted by Crippen LogP contribution is 2.34. The van der Waals surface area contributed by atoms with E-state index in [1.807, 2.05) is 13.0 Å². The maximum Gasteiger partial charge on any atom is 0.145 e. The van der Waals surface area contributed by atoms with Crippen LogP contribution in [0.3, 0.4) is 0 Å². The van der Waals surface area contributed by atoms with Crippen LogP contribution in [0.4, 0.5) is 5.82 Å². The second kappa shape index (κ2) is 4.58. The summed E-state index contributed by atoms with van der Waals surface area (Å²) in [4.78, 5) is 8.58. The lowest BCUT2D eigenvalue weighted by molar-refractivity contribution is 0.755. The Labute approximate surface area is 111 Å². The smallest absolute Gasteiger partial charge is 0.145 e. The molecular weight excluding hydrogens is 246 g/mol. The first-order valence-electron chi connectivity index (χ1n) is 6.06. The van der Waals surface area contributed by atoms with Gasteiger partial charge in [-0.15, -0.1) is 0 Å².